The minimum absolute atomic E-state index is 0.273. The van der Waals surface area contributed by atoms with Gasteiger partial charge in [-0.25, -0.2) is 4.98 Å². The van der Waals surface area contributed by atoms with E-state index in [1.807, 2.05) is 30.3 Å². The molecule has 7 heteroatoms. The third-order valence-corrected chi connectivity index (χ3v) is 5.84. The Morgan fingerprint density at radius 2 is 2.21 bits per heavy atom. The highest BCUT2D eigenvalue weighted by Gasteiger charge is 2.26. The average molecular weight is 417 g/mol. The number of aromatic nitrogens is 1. The molecule has 1 aliphatic rings. The molecule has 1 fully saturated rings. The minimum atomic E-state index is -0.849. The maximum Gasteiger partial charge on any atom is 0.307 e. The number of hydrogen-bond acceptors (Lipinski definition) is 6. The van der Waals surface area contributed by atoms with Gasteiger partial charge in [0.1, 0.15) is 11.6 Å². The highest BCUT2D eigenvalue weighted by atomic mass is 32.1. The number of benzene rings is 1. The van der Waals surface area contributed by atoms with Crippen molar-refractivity contribution >= 4 is 24.4 Å². The molecule has 3 N–H and O–H groups in total. The maximum absolute atomic E-state index is 11.8. The van der Waals surface area contributed by atoms with Crippen molar-refractivity contribution in [2.45, 2.75) is 30.9 Å². The van der Waals surface area contributed by atoms with Crippen LogP contribution in [-0.4, -0.2) is 41.1 Å². The Bertz CT molecular complexity index is 794. The molecule has 0 saturated carbocycles. The van der Waals surface area contributed by atoms with Crippen molar-refractivity contribution < 1.29 is 19.4 Å². The number of thiol groups is 1. The van der Waals surface area contributed by atoms with Crippen LogP contribution in [0.2, 0.25) is 0 Å². The molecule has 1 aromatic heterocycles. The van der Waals surface area contributed by atoms with Gasteiger partial charge in [-0.15, -0.1) is 0 Å². The van der Waals surface area contributed by atoms with Crippen molar-refractivity contribution in [3.05, 3.63) is 53.7 Å². The van der Waals surface area contributed by atoms with E-state index in [2.05, 4.69) is 17.6 Å². The number of ether oxygens (including phenoxy) is 2. The number of hydrogen-bond donors (Lipinski definition) is 3. The number of carbonyl (C=O) groups is 1. The summed E-state index contributed by atoms with van der Waals surface area (Å²) in [6.07, 6.45) is 4.44. The van der Waals surface area contributed by atoms with E-state index in [-0.39, 0.29) is 5.25 Å². The Balaban J connectivity index is 1.53. The first-order valence-electron chi connectivity index (χ1n) is 9.92. The number of pyridine rings is 1. The summed E-state index contributed by atoms with van der Waals surface area (Å²) in [6.45, 7) is 2.24. The summed E-state index contributed by atoms with van der Waals surface area (Å²) in [5.74, 6) is 0.279. The van der Waals surface area contributed by atoms with Crippen LogP contribution in [0, 0.1) is 11.8 Å². The highest BCUT2D eigenvalue weighted by Crippen LogP contribution is 2.24. The number of nitrogens with zero attached hydrogens (tertiary/aromatic N) is 1. The topological polar surface area (TPSA) is 94.7 Å². The Morgan fingerprint density at radius 3 is 2.90 bits per heavy atom. The fraction of sp³-hybridized carbons (Fsp3) is 0.455. The van der Waals surface area contributed by atoms with Crippen LogP contribution in [-0.2, 0) is 22.4 Å². The molecule has 29 heavy (non-hydrogen) atoms. The summed E-state index contributed by atoms with van der Waals surface area (Å²) in [5, 5.41) is 9.38. The second-order valence-corrected chi connectivity index (χ2v) is 8.20. The normalized spacial score (nSPS) is 18.3. The van der Waals surface area contributed by atoms with Gasteiger partial charge in [0.25, 0.3) is 0 Å². The van der Waals surface area contributed by atoms with Crippen molar-refractivity contribution in [2.24, 2.45) is 11.8 Å². The minimum Gasteiger partial charge on any atom is -0.493 e. The zero-order valence-electron chi connectivity index (χ0n) is 16.4. The largest absolute Gasteiger partial charge is 0.493 e. The molecule has 1 saturated heterocycles. The van der Waals surface area contributed by atoms with Crippen molar-refractivity contribution in [2.75, 3.05) is 25.6 Å². The molecule has 3 atom stereocenters. The molecule has 1 aromatic carbocycles. The summed E-state index contributed by atoms with van der Waals surface area (Å²) in [5.41, 5.74) is 7.56. The summed E-state index contributed by atoms with van der Waals surface area (Å²) in [6, 6.07) is 11.5. The number of aliphatic carboxylic acids is 1. The van der Waals surface area contributed by atoms with E-state index in [4.69, 9.17) is 15.2 Å². The molecule has 0 amide bonds. The second-order valence-electron chi connectivity index (χ2n) is 7.53. The number of carboxylic acid groups (broad SMARTS) is 1. The van der Waals surface area contributed by atoms with Gasteiger partial charge < -0.3 is 20.3 Å². The molecule has 6 nitrogen and oxygen atoms in total. The fourth-order valence-corrected chi connectivity index (χ4v) is 3.80. The molecule has 3 unspecified atom stereocenters. The molecule has 0 spiro atoms. The molecule has 3 rings (SSSR count). The van der Waals surface area contributed by atoms with Crippen molar-refractivity contribution in [3.8, 4) is 5.75 Å². The lowest BCUT2D eigenvalue weighted by atomic mass is 9.93. The molecule has 1 aliphatic heterocycles. The summed E-state index contributed by atoms with van der Waals surface area (Å²) >= 11 is 4.60. The van der Waals surface area contributed by atoms with Gasteiger partial charge in [0.2, 0.25) is 0 Å². The van der Waals surface area contributed by atoms with Crippen LogP contribution < -0.4 is 10.5 Å². The molecule has 156 valence electrons. The van der Waals surface area contributed by atoms with Gasteiger partial charge in [0.05, 0.1) is 19.1 Å². The quantitative estimate of drug-likeness (QED) is 0.515. The number of anilines is 1. The van der Waals surface area contributed by atoms with Crippen molar-refractivity contribution in [1.29, 1.82) is 0 Å². The fourth-order valence-electron chi connectivity index (χ4n) is 3.43. The van der Waals surface area contributed by atoms with Crippen LogP contribution in [0.1, 0.15) is 24.0 Å². The Morgan fingerprint density at radius 1 is 1.34 bits per heavy atom. The standard InChI is InChI=1S/C22H28N2O4S/c23-21-7-5-16(12-24-21)11-19(22(25)26)20(29)6-4-15-2-1-3-18(10-15)28-14-17-8-9-27-13-17/h1-3,5,7,10,12,17,19-20,29H,4,6,8-9,11,13-14H2,(H2,23,24)(H,25,26). The van der Waals surface area contributed by atoms with Gasteiger partial charge in [-0.2, -0.15) is 12.6 Å². The van der Waals surface area contributed by atoms with Crippen molar-refractivity contribution in [3.63, 3.8) is 0 Å². The Labute approximate surface area is 176 Å². The number of nitrogens with two attached hydrogens (primary N) is 1. The van der Waals surface area contributed by atoms with E-state index < -0.39 is 11.9 Å². The highest BCUT2D eigenvalue weighted by molar-refractivity contribution is 7.81. The second kappa shape index (κ2) is 10.5. The molecule has 0 bridgehead atoms. The predicted octanol–water partition coefficient (Wildman–Crippen LogP) is 3.25. The number of nitrogen functional groups attached to an aromatic ring is 1. The predicted molar refractivity (Wildman–Crippen MR) is 115 cm³/mol. The number of carboxylic acids is 1. The monoisotopic (exact) mass is 416 g/mol. The van der Waals surface area contributed by atoms with Gasteiger partial charge in [-0.1, -0.05) is 18.2 Å². The first kappa shape index (κ1) is 21.5. The summed E-state index contributed by atoms with van der Waals surface area (Å²) in [7, 11) is 0. The van der Waals surface area contributed by atoms with E-state index in [1.54, 1.807) is 12.3 Å². The lowest BCUT2D eigenvalue weighted by Gasteiger charge is -2.20. The summed E-state index contributed by atoms with van der Waals surface area (Å²) in [4.78, 5) is 15.8. The van der Waals surface area contributed by atoms with Crippen LogP contribution in [0.25, 0.3) is 0 Å². The Kier molecular flexibility index (Phi) is 7.77. The molecular formula is C22H28N2O4S. The smallest absolute Gasteiger partial charge is 0.307 e. The maximum atomic E-state index is 11.8. The molecule has 2 heterocycles. The lowest BCUT2D eigenvalue weighted by Crippen LogP contribution is -2.27. The van der Waals surface area contributed by atoms with Crippen LogP contribution in [0.4, 0.5) is 5.82 Å². The molecule has 2 aromatic rings. The van der Waals surface area contributed by atoms with E-state index in [0.29, 0.717) is 31.2 Å². The zero-order valence-corrected chi connectivity index (χ0v) is 17.3. The number of aryl methyl sites for hydroxylation is 1. The van der Waals surface area contributed by atoms with Crippen LogP contribution in [0.15, 0.2) is 42.6 Å². The first-order valence-corrected chi connectivity index (χ1v) is 10.4. The van der Waals surface area contributed by atoms with E-state index >= 15 is 0 Å². The van der Waals surface area contributed by atoms with Crippen LogP contribution in [0.3, 0.4) is 0 Å². The van der Waals surface area contributed by atoms with E-state index in [0.717, 1.165) is 42.9 Å². The third-order valence-electron chi connectivity index (χ3n) is 5.22. The zero-order chi connectivity index (χ0) is 20.6. The van der Waals surface area contributed by atoms with E-state index in [9.17, 15) is 9.90 Å². The van der Waals surface area contributed by atoms with Gasteiger partial charge in [-0.05, 0) is 55.0 Å². The lowest BCUT2D eigenvalue weighted by molar-refractivity contribution is -0.141. The molecule has 0 aliphatic carbocycles. The van der Waals surface area contributed by atoms with Crippen LogP contribution in [0.5, 0.6) is 5.75 Å². The van der Waals surface area contributed by atoms with Gasteiger partial charge in [0, 0.05) is 24.0 Å². The average Bonchev–Trinajstić information content (AvgIpc) is 3.24. The SMILES string of the molecule is Nc1ccc(CC(C(=O)O)C(S)CCc2cccc(OCC3CCOC3)c2)cn1. The van der Waals surface area contributed by atoms with Gasteiger partial charge in [-0.3, -0.25) is 4.79 Å². The van der Waals surface area contributed by atoms with Crippen molar-refractivity contribution in [1.82, 2.24) is 4.98 Å². The first-order chi connectivity index (χ1) is 14.0. The van der Waals surface area contributed by atoms with Crippen LogP contribution >= 0.6 is 12.6 Å². The van der Waals surface area contributed by atoms with E-state index in [1.165, 1.54) is 0 Å². The number of rotatable bonds is 10. The summed E-state index contributed by atoms with van der Waals surface area (Å²) < 4.78 is 11.3. The molecular weight excluding hydrogens is 388 g/mol. The van der Waals surface area contributed by atoms with Gasteiger partial charge in [0.15, 0.2) is 0 Å². The Hall–Kier alpha value is -2.25. The molecule has 0 radical (unpaired) electrons. The van der Waals surface area contributed by atoms with Gasteiger partial charge >= 0.3 is 5.97 Å². The third kappa shape index (κ3) is 6.65.